The smallest absolute Gasteiger partial charge is 0.303 e. The van der Waals surface area contributed by atoms with Crippen molar-refractivity contribution in [3.63, 3.8) is 0 Å². The Hall–Kier alpha value is -2.73. The molecule has 0 bridgehead atoms. The van der Waals surface area contributed by atoms with E-state index in [1.807, 2.05) is 36.1 Å². The fraction of sp³-hybridized carbons (Fsp3) is 0.364. The lowest BCUT2D eigenvalue weighted by molar-refractivity contribution is -0.137. The molecule has 1 N–H and O–H groups in total. The SMILES string of the molecule is Cc1cccc(C(=O)N2CCN([C@H](CCC(=O)O)c3ccc(F)cc3)CC2)c1. The standard InChI is InChI=1S/C22H25FN2O3/c1-16-3-2-4-18(15-16)22(28)25-13-11-24(12-14-25)20(9-10-21(26)27)17-5-7-19(23)8-6-17/h2-8,15,20H,9-14H2,1H3,(H,26,27)/t20-/m1/s1. The molecule has 0 unspecified atom stereocenters. The van der Waals surface area contributed by atoms with Gasteiger partial charge in [0, 0.05) is 44.2 Å². The number of halogens is 1. The summed E-state index contributed by atoms with van der Waals surface area (Å²) >= 11 is 0. The maximum atomic E-state index is 13.3. The Kier molecular flexibility index (Phi) is 6.41. The summed E-state index contributed by atoms with van der Waals surface area (Å²) in [6.45, 7) is 4.43. The number of aryl methyl sites for hydroxylation is 1. The number of nitrogens with zero attached hydrogens (tertiary/aromatic N) is 2. The van der Waals surface area contributed by atoms with Gasteiger partial charge in [0.2, 0.25) is 0 Å². The first kappa shape index (κ1) is 20.0. The highest BCUT2D eigenvalue weighted by atomic mass is 19.1. The van der Waals surface area contributed by atoms with Crippen LogP contribution in [0.4, 0.5) is 4.39 Å². The molecule has 3 rings (SSSR count). The third-order valence-corrected chi connectivity index (χ3v) is 5.19. The quantitative estimate of drug-likeness (QED) is 0.828. The highest BCUT2D eigenvalue weighted by molar-refractivity contribution is 5.94. The third kappa shape index (κ3) is 4.95. The van der Waals surface area contributed by atoms with Gasteiger partial charge in [0.15, 0.2) is 0 Å². The van der Waals surface area contributed by atoms with Gasteiger partial charge in [-0.2, -0.15) is 0 Å². The summed E-state index contributed by atoms with van der Waals surface area (Å²) < 4.78 is 13.3. The summed E-state index contributed by atoms with van der Waals surface area (Å²) in [4.78, 5) is 27.8. The summed E-state index contributed by atoms with van der Waals surface area (Å²) in [5.41, 5.74) is 2.64. The van der Waals surface area contributed by atoms with Crippen LogP contribution in [0.5, 0.6) is 0 Å². The van der Waals surface area contributed by atoms with Gasteiger partial charge in [-0.1, -0.05) is 29.8 Å². The topological polar surface area (TPSA) is 60.9 Å². The van der Waals surface area contributed by atoms with Crippen LogP contribution in [0.2, 0.25) is 0 Å². The number of carbonyl (C=O) groups excluding carboxylic acids is 1. The van der Waals surface area contributed by atoms with Gasteiger partial charge in [0.25, 0.3) is 5.91 Å². The first-order valence-corrected chi connectivity index (χ1v) is 9.51. The molecule has 148 valence electrons. The van der Waals surface area contributed by atoms with E-state index in [0.29, 0.717) is 38.2 Å². The van der Waals surface area contributed by atoms with Crippen LogP contribution in [0.3, 0.4) is 0 Å². The monoisotopic (exact) mass is 384 g/mol. The normalized spacial score (nSPS) is 16.0. The number of carbonyl (C=O) groups is 2. The molecule has 0 aliphatic carbocycles. The van der Waals surface area contributed by atoms with Crippen molar-refractivity contribution in [2.75, 3.05) is 26.2 Å². The molecule has 2 aromatic rings. The van der Waals surface area contributed by atoms with E-state index in [2.05, 4.69) is 4.90 Å². The molecule has 1 atom stereocenters. The Morgan fingerprint density at radius 2 is 1.75 bits per heavy atom. The lowest BCUT2D eigenvalue weighted by Gasteiger charge is -2.39. The zero-order chi connectivity index (χ0) is 20.1. The van der Waals surface area contributed by atoms with E-state index >= 15 is 0 Å². The third-order valence-electron chi connectivity index (χ3n) is 5.19. The minimum absolute atomic E-state index is 0.0206. The molecule has 1 fully saturated rings. The summed E-state index contributed by atoms with van der Waals surface area (Å²) in [6.07, 6.45) is 0.497. The zero-order valence-electron chi connectivity index (χ0n) is 16.0. The Bertz CT molecular complexity index is 830. The fourth-order valence-electron chi connectivity index (χ4n) is 3.70. The Balaban J connectivity index is 1.68. The molecule has 0 saturated carbocycles. The first-order chi connectivity index (χ1) is 13.4. The molecule has 1 heterocycles. The fourth-order valence-corrected chi connectivity index (χ4v) is 3.70. The Labute approximate surface area is 164 Å². The van der Waals surface area contributed by atoms with Crippen molar-refractivity contribution in [1.82, 2.24) is 9.80 Å². The van der Waals surface area contributed by atoms with Crippen LogP contribution in [-0.2, 0) is 4.79 Å². The number of carboxylic acid groups (broad SMARTS) is 1. The zero-order valence-corrected chi connectivity index (χ0v) is 16.0. The maximum absolute atomic E-state index is 13.3. The van der Waals surface area contributed by atoms with Gasteiger partial charge >= 0.3 is 5.97 Å². The second-order valence-corrected chi connectivity index (χ2v) is 7.20. The van der Waals surface area contributed by atoms with Crippen molar-refractivity contribution < 1.29 is 19.1 Å². The number of benzene rings is 2. The Morgan fingerprint density at radius 3 is 2.36 bits per heavy atom. The van der Waals surface area contributed by atoms with E-state index in [4.69, 9.17) is 5.11 Å². The van der Waals surface area contributed by atoms with Gasteiger partial charge in [0.1, 0.15) is 5.82 Å². The van der Waals surface area contributed by atoms with Crippen LogP contribution in [0, 0.1) is 12.7 Å². The van der Waals surface area contributed by atoms with Crippen LogP contribution < -0.4 is 0 Å². The molecule has 2 aromatic carbocycles. The summed E-state index contributed by atoms with van der Waals surface area (Å²) in [5, 5.41) is 9.08. The second kappa shape index (κ2) is 8.97. The van der Waals surface area contributed by atoms with Gasteiger partial charge < -0.3 is 10.0 Å². The second-order valence-electron chi connectivity index (χ2n) is 7.20. The molecule has 1 amide bonds. The number of hydrogen-bond donors (Lipinski definition) is 1. The van der Waals surface area contributed by atoms with E-state index < -0.39 is 5.97 Å². The predicted octanol–water partition coefficient (Wildman–Crippen LogP) is 3.50. The van der Waals surface area contributed by atoms with Gasteiger partial charge in [-0.25, -0.2) is 4.39 Å². The average Bonchev–Trinajstić information content (AvgIpc) is 2.69. The molecular formula is C22H25FN2O3. The number of piperazine rings is 1. The number of carboxylic acids is 1. The van der Waals surface area contributed by atoms with Crippen molar-refractivity contribution in [1.29, 1.82) is 0 Å². The molecular weight excluding hydrogens is 359 g/mol. The van der Waals surface area contributed by atoms with Gasteiger partial charge in [-0.15, -0.1) is 0 Å². The molecule has 1 aliphatic rings. The molecule has 6 heteroatoms. The molecule has 28 heavy (non-hydrogen) atoms. The Morgan fingerprint density at radius 1 is 1.07 bits per heavy atom. The van der Waals surface area contributed by atoms with E-state index in [1.165, 1.54) is 12.1 Å². The van der Waals surface area contributed by atoms with Crippen molar-refractivity contribution in [3.05, 3.63) is 71.0 Å². The molecule has 0 spiro atoms. The van der Waals surface area contributed by atoms with Gasteiger partial charge in [-0.05, 0) is 43.2 Å². The molecule has 1 saturated heterocycles. The lowest BCUT2D eigenvalue weighted by Crippen LogP contribution is -2.49. The minimum atomic E-state index is -0.847. The summed E-state index contributed by atoms with van der Waals surface area (Å²) in [5.74, 6) is -1.14. The van der Waals surface area contributed by atoms with E-state index in [0.717, 1.165) is 11.1 Å². The van der Waals surface area contributed by atoms with Crippen molar-refractivity contribution in [2.24, 2.45) is 0 Å². The minimum Gasteiger partial charge on any atom is -0.481 e. The number of hydrogen-bond acceptors (Lipinski definition) is 3. The van der Waals surface area contributed by atoms with Crippen LogP contribution in [-0.4, -0.2) is 53.0 Å². The highest BCUT2D eigenvalue weighted by Crippen LogP contribution is 2.27. The number of aliphatic carboxylic acids is 1. The highest BCUT2D eigenvalue weighted by Gasteiger charge is 2.28. The number of amides is 1. The van der Waals surface area contributed by atoms with Crippen molar-refractivity contribution in [2.45, 2.75) is 25.8 Å². The van der Waals surface area contributed by atoms with Crippen LogP contribution in [0.15, 0.2) is 48.5 Å². The number of rotatable bonds is 6. The lowest BCUT2D eigenvalue weighted by atomic mass is 9.99. The predicted molar refractivity (Wildman–Crippen MR) is 105 cm³/mol. The summed E-state index contributed by atoms with van der Waals surface area (Å²) in [6, 6.07) is 13.7. The van der Waals surface area contributed by atoms with E-state index in [9.17, 15) is 14.0 Å². The van der Waals surface area contributed by atoms with E-state index in [-0.39, 0.29) is 24.2 Å². The van der Waals surface area contributed by atoms with Gasteiger partial charge in [-0.3, -0.25) is 14.5 Å². The summed E-state index contributed by atoms with van der Waals surface area (Å²) in [7, 11) is 0. The van der Waals surface area contributed by atoms with Gasteiger partial charge in [0.05, 0.1) is 0 Å². The van der Waals surface area contributed by atoms with Crippen molar-refractivity contribution in [3.8, 4) is 0 Å². The molecule has 0 aromatic heterocycles. The van der Waals surface area contributed by atoms with Crippen LogP contribution in [0.25, 0.3) is 0 Å². The largest absolute Gasteiger partial charge is 0.481 e. The van der Waals surface area contributed by atoms with Crippen LogP contribution in [0.1, 0.15) is 40.4 Å². The molecule has 0 radical (unpaired) electrons. The average molecular weight is 384 g/mol. The van der Waals surface area contributed by atoms with E-state index in [1.54, 1.807) is 12.1 Å². The first-order valence-electron chi connectivity index (χ1n) is 9.51. The molecule has 1 aliphatic heterocycles. The van der Waals surface area contributed by atoms with Crippen molar-refractivity contribution >= 4 is 11.9 Å². The maximum Gasteiger partial charge on any atom is 0.303 e. The van der Waals surface area contributed by atoms with Crippen LogP contribution >= 0.6 is 0 Å². The molecule has 5 nitrogen and oxygen atoms in total.